The number of benzene rings is 1. The Kier molecular flexibility index (Phi) is 4.79. The molecule has 1 aliphatic rings. The Hall–Kier alpha value is -1.39. The Balaban J connectivity index is 1.64. The van der Waals surface area contributed by atoms with Crippen LogP contribution in [0.25, 0.3) is 0 Å². The highest BCUT2D eigenvalue weighted by Crippen LogP contribution is 2.29. The average Bonchev–Trinajstić information content (AvgIpc) is 3.23. The third-order valence-corrected chi connectivity index (χ3v) is 4.05. The Labute approximate surface area is 136 Å². The van der Waals surface area contributed by atoms with Crippen LogP contribution in [-0.2, 0) is 19.5 Å². The Bertz CT molecular complexity index is 605. The van der Waals surface area contributed by atoms with Crippen LogP contribution < -0.4 is 0 Å². The Morgan fingerprint density at radius 2 is 1.95 bits per heavy atom. The van der Waals surface area contributed by atoms with Crippen LogP contribution in [0.5, 0.6) is 0 Å². The van der Waals surface area contributed by atoms with Crippen molar-refractivity contribution in [1.82, 2.24) is 15.0 Å². The second-order valence-corrected chi connectivity index (χ2v) is 6.90. The SMILES string of the molecule is CC(C)Cc1noc(CN(Cc2ccc(Cl)cc2)C2CC2)n1. The van der Waals surface area contributed by atoms with E-state index in [1.807, 2.05) is 12.1 Å². The van der Waals surface area contributed by atoms with Crippen LogP contribution in [0.4, 0.5) is 0 Å². The fourth-order valence-corrected chi connectivity index (χ4v) is 2.68. The molecule has 22 heavy (non-hydrogen) atoms. The zero-order valence-corrected chi connectivity index (χ0v) is 13.9. The molecule has 4 nitrogen and oxygen atoms in total. The van der Waals surface area contributed by atoms with Crippen LogP contribution >= 0.6 is 11.6 Å². The van der Waals surface area contributed by atoms with E-state index in [-0.39, 0.29) is 0 Å². The summed E-state index contributed by atoms with van der Waals surface area (Å²) in [4.78, 5) is 6.93. The molecule has 0 bridgehead atoms. The second-order valence-electron chi connectivity index (χ2n) is 6.46. The van der Waals surface area contributed by atoms with E-state index in [4.69, 9.17) is 16.1 Å². The average molecular weight is 320 g/mol. The van der Waals surface area contributed by atoms with Crippen molar-refractivity contribution in [2.45, 2.75) is 52.2 Å². The van der Waals surface area contributed by atoms with Gasteiger partial charge >= 0.3 is 0 Å². The van der Waals surface area contributed by atoms with Crippen molar-refractivity contribution < 1.29 is 4.52 Å². The van der Waals surface area contributed by atoms with E-state index in [1.165, 1.54) is 18.4 Å². The number of hydrogen-bond acceptors (Lipinski definition) is 4. The molecule has 0 atom stereocenters. The summed E-state index contributed by atoms with van der Waals surface area (Å²) in [5.41, 5.74) is 1.26. The zero-order valence-electron chi connectivity index (χ0n) is 13.1. The first-order valence-electron chi connectivity index (χ1n) is 7.90. The monoisotopic (exact) mass is 319 g/mol. The van der Waals surface area contributed by atoms with Crippen molar-refractivity contribution in [3.8, 4) is 0 Å². The van der Waals surface area contributed by atoms with Gasteiger partial charge in [0.15, 0.2) is 5.82 Å². The van der Waals surface area contributed by atoms with Crippen LogP contribution in [0.15, 0.2) is 28.8 Å². The third kappa shape index (κ3) is 4.31. The summed E-state index contributed by atoms with van der Waals surface area (Å²) in [7, 11) is 0. The molecule has 0 saturated heterocycles. The van der Waals surface area contributed by atoms with Gasteiger partial charge in [-0.1, -0.05) is 42.7 Å². The lowest BCUT2D eigenvalue weighted by molar-refractivity contribution is 0.209. The molecule has 0 spiro atoms. The fourth-order valence-electron chi connectivity index (χ4n) is 2.55. The highest BCUT2D eigenvalue weighted by molar-refractivity contribution is 6.30. The van der Waals surface area contributed by atoms with E-state index in [9.17, 15) is 0 Å². The van der Waals surface area contributed by atoms with E-state index in [2.05, 4.69) is 41.0 Å². The first-order valence-corrected chi connectivity index (χ1v) is 8.28. The number of nitrogens with zero attached hydrogens (tertiary/aromatic N) is 3. The molecule has 1 aromatic carbocycles. The van der Waals surface area contributed by atoms with Gasteiger partial charge in [-0.05, 0) is 36.5 Å². The highest BCUT2D eigenvalue weighted by Gasteiger charge is 2.30. The molecule has 0 aliphatic heterocycles. The molecule has 1 fully saturated rings. The van der Waals surface area contributed by atoms with E-state index in [1.54, 1.807) is 0 Å². The number of aromatic nitrogens is 2. The van der Waals surface area contributed by atoms with E-state index >= 15 is 0 Å². The molecular formula is C17H22ClN3O. The molecule has 1 saturated carbocycles. The molecule has 1 aliphatic carbocycles. The summed E-state index contributed by atoms with van der Waals surface area (Å²) >= 11 is 5.95. The van der Waals surface area contributed by atoms with E-state index in [0.29, 0.717) is 12.0 Å². The molecule has 118 valence electrons. The van der Waals surface area contributed by atoms with Gasteiger partial charge in [0.1, 0.15) is 0 Å². The summed E-state index contributed by atoms with van der Waals surface area (Å²) < 4.78 is 5.41. The van der Waals surface area contributed by atoms with E-state index < -0.39 is 0 Å². The quantitative estimate of drug-likeness (QED) is 0.771. The molecular weight excluding hydrogens is 298 g/mol. The lowest BCUT2D eigenvalue weighted by Gasteiger charge is -2.19. The summed E-state index contributed by atoms with van der Waals surface area (Å²) in [5.74, 6) is 2.07. The molecule has 1 aromatic heterocycles. The van der Waals surface area contributed by atoms with Crippen molar-refractivity contribution in [3.63, 3.8) is 0 Å². The van der Waals surface area contributed by atoms with Crippen molar-refractivity contribution in [2.24, 2.45) is 5.92 Å². The summed E-state index contributed by atoms with van der Waals surface area (Å²) in [6, 6.07) is 8.67. The molecule has 1 heterocycles. The van der Waals surface area contributed by atoms with Gasteiger partial charge in [-0.3, -0.25) is 4.90 Å². The largest absolute Gasteiger partial charge is 0.338 e. The first kappa shape index (κ1) is 15.5. The first-order chi connectivity index (χ1) is 10.6. The van der Waals surface area contributed by atoms with Gasteiger partial charge in [0.05, 0.1) is 6.54 Å². The maximum Gasteiger partial charge on any atom is 0.240 e. The number of rotatable bonds is 7. The summed E-state index contributed by atoms with van der Waals surface area (Å²) in [5, 5.41) is 4.85. The minimum absolute atomic E-state index is 0.541. The maximum absolute atomic E-state index is 5.95. The van der Waals surface area contributed by atoms with Crippen LogP contribution in [0.1, 0.15) is 44.0 Å². The summed E-state index contributed by atoms with van der Waals surface area (Å²) in [6.07, 6.45) is 3.37. The number of halogens is 1. The molecule has 0 amide bonds. The van der Waals surface area contributed by atoms with Crippen molar-refractivity contribution >= 4 is 11.6 Å². The molecule has 5 heteroatoms. The predicted molar refractivity (Wildman–Crippen MR) is 86.6 cm³/mol. The van der Waals surface area contributed by atoms with Gasteiger partial charge in [-0.25, -0.2) is 0 Å². The Morgan fingerprint density at radius 3 is 2.59 bits per heavy atom. The lowest BCUT2D eigenvalue weighted by Crippen LogP contribution is -2.25. The predicted octanol–water partition coefficient (Wildman–Crippen LogP) is 4.09. The normalized spacial score (nSPS) is 15.0. The highest BCUT2D eigenvalue weighted by atomic mass is 35.5. The van der Waals surface area contributed by atoms with Crippen LogP contribution in [-0.4, -0.2) is 21.1 Å². The van der Waals surface area contributed by atoms with Gasteiger partial charge in [0.2, 0.25) is 5.89 Å². The van der Waals surface area contributed by atoms with Crippen LogP contribution in [0.3, 0.4) is 0 Å². The smallest absolute Gasteiger partial charge is 0.240 e. The van der Waals surface area contributed by atoms with Gasteiger partial charge in [0, 0.05) is 24.0 Å². The van der Waals surface area contributed by atoms with Crippen LogP contribution in [0, 0.1) is 5.92 Å². The standard InChI is InChI=1S/C17H22ClN3O/c1-12(2)9-16-19-17(22-20-16)11-21(15-7-8-15)10-13-3-5-14(18)6-4-13/h3-6,12,15H,7-11H2,1-2H3. The van der Waals surface area contributed by atoms with Gasteiger partial charge in [-0.15, -0.1) is 0 Å². The van der Waals surface area contributed by atoms with Gasteiger partial charge in [0.25, 0.3) is 0 Å². The van der Waals surface area contributed by atoms with Crippen molar-refractivity contribution in [2.75, 3.05) is 0 Å². The molecule has 3 rings (SSSR count). The maximum atomic E-state index is 5.95. The van der Waals surface area contributed by atoms with Gasteiger partial charge in [-0.2, -0.15) is 4.98 Å². The number of hydrogen-bond donors (Lipinski definition) is 0. The lowest BCUT2D eigenvalue weighted by atomic mass is 10.1. The fraction of sp³-hybridized carbons (Fsp3) is 0.529. The van der Waals surface area contributed by atoms with Gasteiger partial charge < -0.3 is 4.52 Å². The Morgan fingerprint density at radius 1 is 1.23 bits per heavy atom. The van der Waals surface area contributed by atoms with Crippen molar-refractivity contribution in [1.29, 1.82) is 0 Å². The second kappa shape index (κ2) is 6.80. The third-order valence-electron chi connectivity index (χ3n) is 3.80. The zero-order chi connectivity index (χ0) is 15.5. The molecule has 0 N–H and O–H groups in total. The molecule has 0 unspecified atom stereocenters. The van der Waals surface area contributed by atoms with Crippen LogP contribution in [0.2, 0.25) is 5.02 Å². The molecule has 0 radical (unpaired) electrons. The minimum Gasteiger partial charge on any atom is -0.338 e. The minimum atomic E-state index is 0.541. The van der Waals surface area contributed by atoms with Crippen molar-refractivity contribution in [3.05, 3.63) is 46.6 Å². The van der Waals surface area contributed by atoms with E-state index in [0.717, 1.165) is 36.2 Å². The summed E-state index contributed by atoms with van der Waals surface area (Å²) in [6.45, 7) is 5.93. The molecule has 2 aromatic rings. The topological polar surface area (TPSA) is 42.2 Å².